The summed E-state index contributed by atoms with van der Waals surface area (Å²) in [7, 11) is 0. The van der Waals surface area contributed by atoms with E-state index in [0.717, 1.165) is 32.9 Å². The van der Waals surface area contributed by atoms with E-state index in [0.29, 0.717) is 69.9 Å². The molecule has 0 aliphatic rings. The first-order valence-corrected chi connectivity index (χ1v) is 18.7. The molecule has 11 nitrogen and oxygen atoms in total. The van der Waals surface area contributed by atoms with Gasteiger partial charge in [-0.1, -0.05) is 53.7 Å². The van der Waals surface area contributed by atoms with Crippen LogP contribution in [0.25, 0.3) is 27.8 Å². The summed E-state index contributed by atoms with van der Waals surface area (Å²) in [5, 5.41) is 19.8. The topological polar surface area (TPSA) is 119 Å². The van der Waals surface area contributed by atoms with Crippen LogP contribution in [0.2, 0.25) is 0 Å². The molecule has 8 aromatic rings. The molecule has 0 N–H and O–H groups in total. The van der Waals surface area contributed by atoms with Crippen molar-refractivity contribution in [1.29, 1.82) is 0 Å². The van der Waals surface area contributed by atoms with E-state index in [2.05, 4.69) is 58.1 Å². The van der Waals surface area contributed by atoms with E-state index in [9.17, 15) is 0 Å². The highest BCUT2D eigenvalue weighted by molar-refractivity contribution is 6.09. The van der Waals surface area contributed by atoms with Crippen molar-refractivity contribution in [2.45, 2.75) is 59.3 Å². The zero-order valence-electron chi connectivity index (χ0n) is 32.0. The van der Waals surface area contributed by atoms with Crippen LogP contribution in [-0.4, -0.2) is 34.9 Å². The highest BCUT2D eigenvalue weighted by Gasteiger charge is 2.18. The van der Waals surface area contributed by atoms with E-state index in [-0.39, 0.29) is 5.92 Å². The van der Waals surface area contributed by atoms with E-state index in [1.54, 1.807) is 12.4 Å². The van der Waals surface area contributed by atoms with Gasteiger partial charge in [0.25, 0.3) is 5.95 Å². The molecule has 0 radical (unpaired) electrons. The summed E-state index contributed by atoms with van der Waals surface area (Å²) in [5.74, 6) is 6.39. The summed E-state index contributed by atoms with van der Waals surface area (Å²) in [5.41, 5.74) is 3.92. The van der Waals surface area contributed by atoms with Crippen molar-refractivity contribution in [2.75, 3.05) is 0 Å². The summed E-state index contributed by atoms with van der Waals surface area (Å²) in [4.78, 5) is 8.78. The quantitative estimate of drug-likeness (QED) is 0.120. The lowest BCUT2D eigenvalue weighted by Crippen LogP contribution is -2.09. The van der Waals surface area contributed by atoms with E-state index in [4.69, 9.17) is 18.9 Å². The number of aromatic nitrogens is 7. The molecule has 0 saturated heterocycles. The molecule has 0 bridgehead atoms. The van der Waals surface area contributed by atoms with Crippen molar-refractivity contribution in [1.82, 2.24) is 34.9 Å². The third-order valence-electron chi connectivity index (χ3n) is 9.29. The van der Waals surface area contributed by atoms with Gasteiger partial charge in [0, 0.05) is 65.5 Å². The van der Waals surface area contributed by atoms with Gasteiger partial charge in [-0.2, -0.15) is 0 Å². The fraction of sp³-hybridized carbons (Fsp3) is 0.200. The Kier molecular flexibility index (Phi) is 9.97. The number of pyridine rings is 2. The number of hydrogen-bond acceptors (Lipinski definition) is 10. The van der Waals surface area contributed by atoms with Crippen LogP contribution in [0.15, 0.2) is 122 Å². The highest BCUT2D eigenvalue weighted by atomic mass is 16.5. The van der Waals surface area contributed by atoms with Crippen molar-refractivity contribution in [3.63, 3.8) is 0 Å². The summed E-state index contributed by atoms with van der Waals surface area (Å²) in [6.45, 7) is 12.6. The highest BCUT2D eigenvalue weighted by Crippen LogP contribution is 2.38. The minimum atomic E-state index is 0.0755. The van der Waals surface area contributed by atoms with Crippen LogP contribution in [-0.2, 0) is 0 Å². The number of fused-ring (bicyclic) bond motifs is 3. The molecule has 4 aromatic heterocycles. The second kappa shape index (κ2) is 15.5. The van der Waals surface area contributed by atoms with Gasteiger partial charge >= 0.3 is 0 Å². The predicted molar refractivity (Wildman–Crippen MR) is 216 cm³/mol. The fourth-order valence-electron chi connectivity index (χ4n) is 6.27. The lowest BCUT2D eigenvalue weighted by Gasteiger charge is -2.11. The molecule has 0 spiro atoms. The van der Waals surface area contributed by atoms with Crippen LogP contribution < -0.4 is 18.9 Å². The van der Waals surface area contributed by atoms with E-state index in [1.807, 2.05) is 128 Å². The zero-order valence-corrected chi connectivity index (χ0v) is 32.0. The van der Waals surface area contributed by atoms with Crippen molar-refractivity contribution in [3.05, 3.63) is 139 Å². The van der Waals surface area contributed by atoms with Crippen LogP contribution in [0.5, 0.6) is 46.3 Å². The Morgan fingerprint density at radius 2 is 0.857 bits per heavy atom. The molecule has 0 saturated carbocycles. The normalized spacial score (nSPS) is 11.5. The monoisotopic (exact) mass is 743 g/mol. The maximum absolute atomic E-state index is 6.41. The van der Waals surface area contributed by atoms with Gasteiger partial charge < -0.3 is 18.9 Å². The van der Waals surface area contributed by atoms with Gasteiger partial charge in [-0.3, -0.25) is 4.57 Å². The summed E-state index contributed by atoms with van der Waals surface area (Å²) < 4.78 is 27.0. The van der Waals surface area contributed by atoms with Gasteiger partial charge in [0.1, 0.15) is 34.5 Å². The van der Waals surface area contributed by atoms with Crippen molar-refractivity contribution in [2.24, 2.45) is 0 Å². The van der Waals surface area contributed by atoms with Crippen LogP contribution in [0, 0.1) is 0 Å². The Morgan fingerprint density at radius 1 is 0.429 bits per heavy atom. The van der Waals surface area contributed by atoms with E-state index in [1.165, 1.54) is 0 Å². The molecule has 0 unspecified atom stereocenters. The second-order valence-corrected chi connectivity index (χ2v) is 14.4. The van der Waals surface area contributed by atoms with Crippen molar-refractivity contribution < 1.29 is 18.9 Å². The number of hydrogen-bond donors (Lipinski definition) is 0. The molecule has 0 aliphatic carbocycles. The maximum atomic E-state index is 6.41. The van der Waals surface area contributed by atoms with Crippen LogP contribution in [0.3, 0.4) is 0 Å². The summed E-state index contributed by atoms with van der Waals surface area (Å²) in [6.07, 6.45) is 3.53. The van der Waals surface area contributed by atoms with Crippen LogP contribution in [0.1, 0.15) is 76.2 Å². The number of ether oxygens (including phenoxy) is 4. The van der Waals surface area contributed by atoms with Gasteiger partial charge in [-0.15, -0.1) is 20.4 Å². The first-order valence-electron chi connectivity index (χ1n) is 18.7. The average Bonchev–Trinajstić information content (AvgIpc) is 3.51. The standard InChI is InChI=1S/C45H41N7O4/c1-27(2)30-17-19-46-42(21-30)55-34-11-7-9-32(23-34)53-36-13-15-38-39-16-14-37(26-41(39)52(40(38)25-36)45-50-48-44(29(5)6)49-51-45)54-33-10-8-12-35(24-33)56-43-22-31(28(3)4)18-20-47-43/h7-29H,1-6H3. The van der Waals surface area contributed by atoms with Crippen molar-refractivity contribution in [3.8, 4) is 52.2 Å². The molecule has 0 aliphatic heterocycles. The molecule has 4 heterocycles. The zero-order chi connectivity index (χ0) is 38.8. The third-order valence-corrected chi connectivity index (χ3v) is 9.29. The Morgan fingerprint density at radius 3 is 1.29 bits per heavy atom. The largest absolute Gasteiger partial charge is 0.457 e. The smallest absolute Gasteiger partial charge is 0.273 e. The lowest BCUT2D eigenvalue weighted by molar-refractivity contribution is 0.448. The van der Waals surface area contributed by atoms with Gasteiger partial charge in [-0.25, -0.2) is 9.97 Å². The van der Waals surface area contributed by atoms with Crippen LogP contribution in [0.4, 0.5) is 0 Å². The van der Waals surface area contributed by atoms with Gasteiger partial charge in [-0.05, 0) is 83.6 Å². The molecule has 0 amide bonds. The number of rotatable bonds is 12. The first kappa shape index (κ1) is 36.1. The van der Waals surface area contributed by atoms with Gasteiger partial charge in [0.2, 0.25) is 11.8 Å². The third kappa shape index (κ3) is 7.83. The molecule has 8 rings (SSSR count). The SMILES string of the molecule is CC(C)c1ccnc(Oc2cccc(Oc3ccc4c5ccc(Oc6cccc(Oc7cc(C(C)C)ccn7)c6)cc5n(-c5nnc(C(C)C)nn5)c4c3)c2)c1. The molecular formula is C45H41N7O4. The van der Waals surface area contributed by atoms with Crippen molar-refractivity contribution >= 4 is 21.8 Å². The molecule has 4 aromatic carbocycles. The van der Waals surface area contributed by atoms with Gasteiger partial charge in [0.05, 0.1) is 11.0 Å². The minimum Gasteiger partial charge on any atom is -0.457 e. The maximum Gasteiger partial charge on any atom is 0.273 e. The molecule has 280 valence electrons. The number of benzene rings is 4. The Hall–Kier alpha value is -6.88. The average molecular weight is 744 g/mol. The van der Waals surface area contributed by atoms with Gasteiger partial charge in [0.15, 0.2) is 5.82 Å². The molecule has 0 atom stereocenters. The minimum absolute atomic E-state index is 0.0755. The Balaban J connectivity index is 1.12. The molecule has 56 heavy (non-hydrogen) atoms. The summed E-state index contributed by atoms with van der Waals surface area (Å²) in [6, 6.07) is 34.7. The second-order valence-electron chi connectivity index (χ2n) is 14.4. The Labute approximate surface area is 324 Å². The van der Waals surface area contributed by atoms with E-state index >= 15 is 0 Å². The molecular weight excluding hydrogens is 703 g/mol. The predicted octanol–water partition coefficient (Wildman–Crippen LogP) is 11.7. The number of nitrogens with zero attached hydrogens (tertiary/aromatic N) is 7. The molecule has 11 heteroatoms. The Bertz CT molecular complexity index is 2500. The summed E-state index contributed by atoms with van der Waals surface area (Å²) >= 11 is 0. The first-order chi connectivity index (χ1) is 27.2. The van der Waals surface area contributed by atoms with E-state index < -0.39 is 0 Å². The molecule has 0 fully saturated rings. The fourth-order valence-corrected chi connectivity index (χ4v) is 6.27. The lowest BCUT2D eigenvalue weighted by atomic mass is 10.1. The van der Waals surface area contributed by atoms with Crippen LogP contribution >= 0.6 is 0 Å².